The number of benzene rings is 1. The van der Waals surface area contributed by atoms with Gasteiger partial charge in [-0.15, -0.1) is 0 Å². The Balaban J connectivity index is 1.60. The average Bonchev–Trinajstić information content (AvgIpc) is 2.95. The molecule has 0 fully saturated rings. The van der Waals surface area contributed by atoms with Crippen LogP contribution >= 0.6 is 0 Å². The van der Waals surface area contributed by atoms with E-state index in [4.69, 9.17) is 0 Å². The second-order valence-corrected chi connectivity index (χ2v) is 8.13. The Morgan fingerprint density at radius 1 is 0.967 bits per heavy atom. The average molecular weight is 397 g/mol. The van der Waals surface area contributed by atoms with Crippen LogP contribution in [0.25, 0.3) is 22.0 Å². The van der Waals surface area contributed by atoms with E-state index in [1.807, 2.05) is 30.9 Å². The number of rotatable bonds is 5. The number of aromatic nitrogens is 3. The highest BCUT2D eigenvalue weighted by atomic mass is 15.1. The number of hydrogen-bond acceptors (Lipinski definition) is 3. The van der Waals surface area contributed by atoms with E-state index in [9.17, 15) is 0 Å². The summed E-state index contributed by atoms with van der Waals surface area (Å²) < 4.78 is 2.58. The molecule has 4 heteroatoms. The smallest absolute Gasteiger partial charge is 0.0486 e. The Kier molecular flexibility index (Phi) is 5.33. The van der Waals surface area contributed by atoms with Crippen molar-refractivity contribution in [2.75, 3.05) is 13.1 Å². The van der Waals surface area contributed by atoms with E-state index in [1.165, 1.54) is 51.8 Å². The molecule has 0 aliphatic carbocycles. The summed E-state index contributed by atoms with van der Waals surface area (Å²) in [4.78, 5) is 11.1. The van der Waals surface area contributed by atoms with Gasteiger partial charge >= 0.3 is 0 Å². The van der Waals surface area contributed by atoms with Crippen molar-refractivity contribution < 1.29 is 0 Å². The highest BCUT2D eigenvalue weighted by Gasteiger charge is 2.22. The van der Waals surface area contributed by atoms with Crippen LogP contribution in [0.1, 0.15) is 30.2 Å². The molecule has 0 spiro atoms. The van der Waals surface area contributed by atoms with E-state index < -0.39 is 0 Å². The molecular formula is C26H28N4. The molecule has 3 aromatic heterocycles. The summed E-state index contributed by atoms with van der Waals surface area (Å²) in [6.45, 7) is 6.60. The first-order chi connectivity index (χ1) is 14.8. The molecule has 0 N–H and O–H groups in total. The second-order valence-electron chi connectivity index (χ2n) is 8.13. The zero-order valence-corrected chi connectivity index (χ0v) is 17.6. The molecule has 0 unspecified atom stereocenters. The largest absolute Gasteiger partial charge is 0.344 e. The van der Waals surface area contributed by atoms with Gasteiger partial charge in [0, 0.05) is 54.5 Å². The summed E-state index contributed by atoms with van der Waals surface area (Å²) >= 11 is 0. The SMILES string of the molecule is CCN1CCCc2c(c3cc(-c4ccncc4)ccc3n2CCc2cccnc2)C1. The molecule has 0 atom stereocenters. The molecule has 30 heavy (non-hydrogen) atoms. The van der Waals surface area contributed by atoms with Gasteiger partial charge in [-0.3, -0.25) is 14.9 Å². The molecule has 0 saturated heterocycles. The van der Waals surface area contributed by atoms with Gasteiger partial charge < -0.3 is 4.57 Å². The molecule has 1 aromatic carbocycles. The first-order valence-corrected chi connectivity index (χ1v) is 11.0. The van der Waals surface area contributed by atoms with Crippen molar-refractivity contribution in [1.82, 2.24) is 19.4 Å². The third kappa shape index (κ3) is 3.63. The fourth-order valence-electron chi connectivity index (χ4n) is 4.75. The Morgan fingerprint density at radius 3 is 2.67 bits per heavy atom. The van der Waals surface area contributed by atoms with E-state index in [1.54, 1.807) is 0 Å². The molecule has 5 rings (SSSR count). The summed E-state index contributed by atoms with van der Waals surface area (Å²) in [5.74, 6) is 0. The number of fused-ring (bicyclic) bond motifs is 3. The number of nitrogens with zero attached hydrogens (tertiary/aromatic N) is 4. The summed E-state index contributed by atoms with van der Waals surface area (Å²) in [6, 6.07) is 15.4. The van der Waals surface area contributed by atoms with Crippen molar-refractivity contribution in [2.45, 2.75) is 39.3 Å². The monoisotopic (exact) mass is 396 g/mol. The van der Waals surface area contributed by atoms with Gasteiger partial charge in [-0.05, 0) is 84.9 Å². The lowest BCUT2D eigenvalue weighted by molar-refractivity contribution is 0.285. The van der Waals surface area contributed by atoms with Crippen molar-refractivity contribution >= 4 is 10.9 Å². The Morgan fingerprint density at radius 2 is 1.87 bits per heavy atom. The van der Waals surface area contributed by atoms with Crippen molar-refractivity contribution in [1.29, 1.82) is 0 Å². The maximum absolute atomic E-state index is 4.29. The van der Waals surface area contributed by atoms with Crippen LogP contribution in [0.4, 0.5) is 0 Å². The molecule has 4 heterocycles. The third-order valence-electron chi connectivity index (χ3n) is 6.36. The predicted molar refractivity (Wildman–Crippen MR) is 122 cm³/mol. The molecule has 4 aromatic rings. The number of aryl methyl sites for hydroxylation is 2. The van der Waals surface area contributed by atoms with Gasteiger partial charge in [-0.2, -0.15) is 0 Å². The molecule has 0 radical (unpaired) electrons. The molecule has 0 bridgehead atoms. The minimum Gasteiger partial charge on any atom is -0.344 e. The number of hydrogen-bond donors (Lipinski definition) is 0. The quantitative estimate of drug-likeness (QED) is 0.470. The first kappa shape index (κ1) is 19.0. The highest BCUT2D eigenvalue weighted by Crippen LogP contribution is 2.34. The normalized spacial score (nSPS) is 14.6. The minimum atomic E-state index is 0.998. The fraction of sp³-hybridized carbons (Fsp3) is 0.308. The zero-order chi connectivity index (χ0) is 20.3. The first-order valence-electron chi connectivity index (χ1n) is 11.0. The molecule has 1 aliphatic rings. The van der Waals surface area contributed by atoms with Crippen LogP contribution in [0, 0.1) is 0 Å². The molecule has 1 aliphatic heterocycles. The Labute approximate surface area is 178 Å². The summed E-state index contributed by atoms with van der Waals surface area (Å²) in [7, 11) is 0. The van der Waals surface area contributed by atoms with Gasteiger partial charge in [-0.25, -0.2) is 0 Å². The van der Waals surface area contributed by atoms with E-state index in [-0.39, 0.29) is 0 Å². The van der Waals surface area contributed by atoms with Gasteiger partial charge in [0.1, 0.15) is 0 Å². The van der Waals surface area contributed by atoms with Crippen molar-refractivity contribution in [3.63, 3.8) is 0 Å². The lowest BCUT2D eigenvalue weighted by Gasteiger charge is -2.17. The minimum absolute atomic E-state index is 0.998. The predicted octanol–water partition coefficient (Wildman–Crippen LogP) is 5.11. The molecule has 4 nitrogen and oxygen atoms in total. The van der Waals surface area contributed by atoms with Gasteiger partial charge in [0.05, 0.1) is 0 Å². The topological polar surface area (TPSA) is 34.0 Å². The molecule has 0 amide bonds. The maximum atomic E-state index is 4.29. The molecule has 152 valence electrons. The standard InChI is InChI=1S/C26H28N4/c1-2-29-15-4-6-25-24(19-29)23-17-22(21-9-13-27-14-10-21)7-8-26(23)30(25)16-11-20-5-3-12-28-18-20/h3,5,7-10,12-14,17-18H,2,4,6,11,15-16,19H2,1H3. The van der Waals surface area contributed by atoms with Crippen LogP contribution in [0.5, 0.6) is 0 Å². The van der Waals surface area contributed by atoms with Crippen LogP contribution in [0.15, 0.2) is 67.3 Å². The highest BCUT2D eigenvalue weighted by molar-refractivity contribution is 5.90. The lowest BCUT2D eigenvalue weighted by atomic mass is 10.0. The maximum Gasteiger partial charge on any atom is 0.0486 e. The van der Waals surface area contributed by atoms with Gasteiger partial charge in [-0.1, -0.05) is 19.1 Å². The van der Waals surface area contributed by atoms with Crippen LogP contribution in [-0.4, -0.2) is 32.5 Å². The van der Waals surface area contributed by atoms with Crippen LogP contribution in [0.3, 0.4) is 0 Å². The van der Waals surface area contributed by atoms with Crippen LogP contribution < -0.4 is 0 Å². The zero-order valence-electron chi connectivity index (χ0n) is 17.6. The number of pyridine rings is 2. The van der Waals surface area contributed by atoms with E-state index in [2.05, 4.69) is 62.8 Å². The second kappa shape index (κ2) is 8.41. The summed E-state index contributed by atoms with van der Waals surface area (Å²) in [5.41, 5.74) is 8.20. The van der Waals surface area contributed by atoms with Gasteiger partial charge in [0.15, 0.2) is 0 Å². The lowest BCUT2D eigenvalue weighted by Crippen LogP contribution is -2.22. The van der Waals surface area contributed by atoms with Gasteiger partial charge in [0.25, 0.3) is 0 Å². The van der Waals surface area contributed by atoms with Crippen molar-refractivity contribution in [3.05, 3.63) is 84.1 Å². The third-order valence-corrected chi connectivity index (χ3v) is 6.36. The van der Waals surface area contributed by atoms with E-state index in [0.29, 0.717) is 0 Å². The van der Waals surface area contributed by atoms with Crippen LogP contribution in [-0.2, 0) is 25.9 Å². The van der Waals surface area contributed by atoms with E-state index in [0.717, 1.165) is 32.5 Å². The molecule has 0 saturated carbocycles. The van der Waals surface area contributed by atoms with E-state index >= 15 is 0 Å². The molecular weight excluding hydrogens is 368 g/mol. The summed E-state index contributed by atoms with van der Waals surface area (Å²) in [5, 5.41) is 1.41. The fourth-order valence-corrected chi connectivity index (χ4v) is 4.75. The van der Waals surface area contributed by atoms with Gasteiger partial charge in [0.2, 0.25) is 0 Å². The Bertz CT molecular complexity index is 1130. The van der Waals surface area contributed by atoms with Crippen molar-refractivity contribution in [3.8, 4) is 11.1 Å². The Hall–Kier alpha value is -2.98. The van der Waals surface area contributed by atoms with Crippen molar-refractivity contribution in [2.24, 2.45) is 0 Å². The van der Waals surface area contributed by atoms with Crippen LogP contribution in [0.2, 0.25) is 0 Å². The summed E-state index contributed by atoms with van der Waals surface area (Å²) in [6.07, 6.45) is 11.0.